The lowest BCUT2D eigenvalue weighted by atomic mass is 10.1. The fourth-order valence-electron chi connectivity index (χ4n) is 2.19. The fourth-order valence-corrected chi connectivity index (χ4v) is 3.21. The molecule has 0 heterocycles. The summed E-state index contributed by atoms with van der Waals surface area (Å²) in [5, 5.41) is 0. The minimum Gasteiger partial charge on any atom is -0.337 e. The van der Waals surface area contributed by atoms with Gasteiger partial charge < -0.3 is 4.90 Å². The number of nitrogens with zero attached hydrogens (tertiary/aromatic N) is 2. The molecule has 0 saturated heterocycles. The summed E-state index contributed by atoms with van der Waals surface area (Å²) in [6.45, 7) is 0.272. The minimum atomic E-state index is -3.84. The maximum absolute atomic E-state index is 12.9. The molecule has 0 fully saturated rings. The standard InChI is InChI=1S/C17H19FN2O4S/c1-19(12-13-7-9-15(18)10-8-13)17(21)14-5-4-6-16(11-14)25(22,23)20(2)24-3/h4-11H,12H2,1-3H3. The molecule has 0 atom stereocenters. The zero-order valence-electron chi connectivity index (χ0n) is 14.1. The number of hydrogen-bond donors (Lipinski definition) is 0. The molecule has 0 unspecified atom stereocenters. The van der Waals surface area contributed by atoms with Gasteiger partial charge >= 0.3 is 0 Å². The van der Waals surface area contributed by atoms with E-state index in [9.17, 15) is 17.6 Å². The van der Waals surface area contributed by atoms with Gasteiger partial charge in [0.1, 0.15) is 5.82 Å². The Morgan fingerprint density at radius 3 is 2.36 bits per heavy atom. The molecule has 2 rings (SSSR count). The van der Waals surface area contributed by atoms with Crippen LogP contribution in [0.2, 0.25) is 0 Å². The highest BCUT2D eigenvalue weighted by Gasteiger charge is 2.22. The van der Waals surface area contributed by atoms with E-state index >= 15 is 0 Å². The Morgan fingerprint density at radius 2 is 1.76 bits per heavy atom. The number of benzene rings is 2. The van der Waals surface area contributed by atoms with Gasteiger partial charge in [0.15, 0.2) is 0 Å². The number of rotatable bonds is 6. The Kier molecular flexibility index (Phi) is 5.89. The first-order chi connectivity index (χ1) is 11.8. The molecule has 0 aliphatic rings. The van der Waals surface area contributed by atoms with Gasteiger partial charge in [0, 0.05) is 26.2 Å². The lowest BCUT2D eigenvalue weighted by Crippen LogP contribution is -2.28. The Morgan fingerprint density at radius 1 is 1.12 bits per heavy atom. The largest absolute Gasteiger partial charge is 0.337 e. The molecular formula is C17H19FN2O4S. The molecule has 0 aliphatic carbocycles. The van der Waals surface area contributed by atoms with Crippen molar-refractivity contribution in [2.75, 3.05) is 21.2 Å². The first kappa shape index (κ1) is 19.0. The van der Waals surface area contributed by atoms with E-state index in [0.717, 1.165) is 10.0 Å². The van der Waals surface area contributed by atoms with Gasteiger partial charge in [-0.25, -0.2) is 12.8 Å². The van der Waals surface area contributed by atoms with Crippen LogP contribution in [0.4, 0.5) is 4.39 Å². The second-order valence-corrected chi connectivity index (χ2v) is 7.35. The Labute approximate surface area is 146 Å². The molecule has 0 saturated carbocycles. The van der Waals surface area contributed by atoms with Crippen LogP contribution >= 0.6 is 0 Å². The van der Waals surface area contributed by atoms with Crippen molar-refractivity contribution in [3.05, 3.63) is 65.5 Å². The topological polar surface area (TPSA) is 66.9 Å². The van der Waals surface area contributed by atoms with Crippen LogP contribution in [-0.2, 0) is 21.4 Å². The minimum absolute atomic E-state index is 0.0436. The number of halogens is 1. The van der Waals surface area contributed by atoms with Crippen molar-refractivity contribution < 1.29 is 22.4 Å². The number of amides is 1. The molecule has 0 bridgehead atoms. The van der Waals surface area contributed by atoms with Crippen LogP contribution in [0.1, 0.15) is 15.9 Å². The Hall–Kier alpha value is -2.29. The average molecular weight is 366 g/mol. The van der Waals surface area contributed by atoms with Crippen molar-refractivity contribution in [1.29, 1.82) is 0 Å². The highest BCUT2D eigenvalue weighted by molar-refractivity contribution is 7.89. The van der Waals surface area contributed by atoms with Crippen molar-refractivity contribution in [3.63, 3.8) is 0 Å². The van der Waals surface area contributed by atoms with E-state index in [0.29, 0.717) is 0 Å². The molecule has 1 amide bonds. The fraction of sp³-hybridized carbons (Fsp3) is 0.235. The van der Waals surface area contributed by atoms with E-state index in [1.807, 2.05) is 0 Å². The van der Waals surface area contributed by atoms with Gasteiger partial charge in [-0.3, -0.25) is 9.63 Å². The lowest BCUT2D eigenvalue weighted by Gasteiger charge is -2.18. The molecule has 0 aromatic heterocycles. The highest BCUT2D eigenvalue weighted by atomic mass is 32.2. The molecule has 0 N–H and O–H groups in total. The predicted molar refractivity (Wildman–Crippen MR) is 90.6 cm³/mol. The van der Waals surface area contributed by atoms with Crippen LogP contribution < -0.4 is 0 Å². The first-order valence-corrected chi connectivity index (χ1v) is 8.82. The number of hydroxylamine groups is 1. The Balaban J connectivity index is 2.22. The van der Waals surface area contributed by atoms with Crippen LogP contribution in [0.25, 0.3) is 0 Å². The normalized spacial score (nSPS) is 11.6. The molecule has 25 heavy (non-hydrogen) atoms. The second kappa shape index (κ2) is 7.73. The van der Waals surface area contributed by atoms with Gasteiger partial charge in [-0.15, -0.1) is 0 Å². The average Bonchev–Trinajstić information content (AvgIpc) is 2.62. The van der Waals surface area contributed by atoms with E-state index < -0.39 is 10.0 Å². The number of carbonyl (C=O) groups is 1. The first-order valence-electron chi connectivity index (χ1n) is 7.38. The van der Waals surface area contributed by atoms with Gasteiger partial charge in [-0.1, -0.05) is 22.7 Å². The third kappa shape index (κ3) is 4.41. The number of hydrogen-bond acceptors (Lipinski definition) is 4. The van der Waals surface area contributed by atoms with Crippen molar-refractivity contribution in [1.82, 2.24) is 9.37 Å². The van der Waals surface area contributed by atoms with Crippen LogP contribution in [0.3, 0.4) is 0 Å². The lowest BCUT2D eigenvalue weighted by molar-refractivity contribution is -0.0258. The van der Waals surface area contributed by atoms with Crippen LogP contribution in [-0.4, -0.2) is 44.9 Å². The summed E-state index contributed by atoms with van der Waals surface area (Å²) in [4.78, 5) is 18.7. The number of carbonyl (C=O) groups excluding carboxylic acids is 1. The van der Waals surface area contributed by atoms with Crippen molar-refractivity contribution in [2.45, 2.75) is 11.4 Å². The van der Waals surface area contributed by atoms with Gasteiger partial charge in [0.05, 0.1) is 12.0 Å². The SMILES string of the molecule is CON(C)S(=O)(=O)c1cccc(C(=O)N(C)Cc2ccc(F)cc2)c1. The van der Waals surface area contributed by atoms with Gasteiger partial charge in [0.25, 0.3) is 15.9 Å². The molecule has 8 heteroatoms. The Bertz CT molecular complexity index is 853. The van der Waals surface area contributed by atoms with Gasteiger partial charge in [-0.2, -0.15) is 0 Å². The summed E-state index contributed by atoms with van der Waals surface area (Å²) in [7, 11) is 0.263. The van der Waals surface area contributed by atoms with Crippen LogP contribution in [0, 0.1) is 5.82 Å². The van der Waals surface area contributed by atoms with E-state index in [4.69, 9.17) is 4.84 Å². The van der Waals surface area contributed by atoms with Crippen molar-refractivity contribution >= 4 is 15.9 Å². The maximum Gasteiger partial charge on any atom is 0.264 e. The molecule has 2 aromatic rings. The van der Waals surface area contributed by atoms with Gasteiger partial charge in [-0.05, 0) is 35.9 Å². The molecular weight excluding hydrogens is 347 g/mol. The quantitative estimate of drug-likeness (QED) is 0.736. The van der Waals surface area contributed by atoms with E-state index in [-0.39, 0.29) is 28.7 Å². The summed E-state index contributed by atoms with van der Waals surface area (Å²) < 4.78 is 38.2. The molecule has 0 spiro atoms. The third-order valence-corrected chi connectivity index (χ3v) is 5.33. The summed E-state index contributed by atoms with van der Waals surface area (Å²) in [5.74, 6) is -0.695. The number of sulfonamides is 1. The van der Waals surface area contributed by atoms with Gasteiger partial charge in [0.2, 0.25) is 0 Å². The zero-order chi connectivity index (χ0) is 18.6. The molecule has 0 radical (unpaired) electrons. The van der Waals surface area contributed by atoms with Crippen molar-refractivity contribution in [2.24, 2.45) is 0 Å². The smallest absolute Gasteiger partial charge is 0.264 e. The monoisotopic (exact) mass is 366 g/mol. The van der Waals surface area contributed by atoms with E-state index in [1.54, 1.807) is 19.2 Å². The third-order valence-electron chi connectivity index (χ3n) is 3.65. The van der Waals surface area contributed by atoms with E-state index in [2.05, 4.69) is 0 Å². The zero-order valence-corrected chi connectivity index (χ0v) is 15.0. The summed E-state index contributed by atoms with van der Waals surface area (Å²) in [5.41, 5.74) is 0.996. The summed E-state index contributed by atoms with van der Waals surface area (Å²) in [6, 6.07) is 11.5. The summed E-state index contributed by atoms with van der Waals surface area (Å²) in [6.07, 6.45) is 0. The molecule has 0 aliphatic heterocycles. The highest BCUT2D eigenvalue weighted by Crippen LogP contribution is 2.17. The molecule has 2 aromatic carbocycles. The summed E-state index contributed by atoms with van der Waals surface area (Å²) >= 11 is 0. The van der Waals surface area contributed by atoms with Crippen molar-refractivity contribution in [3.8, 4) is 0 Å². The molecule has 134 valence electrons. The van der Waals surface area contributed by atoms with Crippen LogP contribution in [0.5, 0.6) is 0 Å². The second-order valence-electron chi connectivity index (χ2n) is 5.41. The van der Waals surface area contributed by atoms with Crippen LogP contribution in [0.15, 0.2) is 53.4 Å². The maximum atomic E-state index is 12.9. The molecule has 6 nitrogen and oxygen atoms in total. The van der Waals surface area contributed by atoms with E-state index in [1.165, 1.54) is 55.5 Å². The predicted octanol–water partition coefficient (Wildman–Crippen LogP) is 2.28.